The molecule has 2 amide bonds. The Morgan fingerprint density at radius 3 is 2.50 bits per heavy atom. The molecule has 3 aromatic rings. The maximum atomic E-state index is 13.2. The van der Waals surface area contributed by atoms with Gasteiger partial charge in [-0.25, -0.2) is 4.39 Å². The summed E-state index contributed by atoms with van der Waals surface area (Å²) in [5.41, 5.74) is 2.76. The smallest absolute Gasteiger partial charge is 0.228 e. The summed E-state index contributed by atoms with van der Waals surface area (Å²) in [6.07, 6.45) is 2.48. The first-order valence-corrected chi connectivity index (χ1v) is 11.7. The van der Waals surface area contributed by atoms with Gasteiger partial charge in [-0.15, -0.1) is 0 Å². The third-order valence-electron chi connectivity index (χ3n) is 6.31. The molecule has 0 spiro atoms. The summed E-state index contributed by atoms with van der Waals surface area (Å²) in [6.45, 7) is 3.11. The van der Waals surface area contributed by atoms with Gasteiger partial charge in [0, 0.05) is 55.5 Å². The number of hydrogen-bond donors (Lipinski definition) is 3. The number of benzene rings is 2. The second-order valence-electron chi connectivity index (χ2n) is 9.27. The van der Waals surface area contributed by atoms with Crippen molar-refractivity contribution in [1.82, 2.24) is 20.1 Å². The van der Waals surface area contributed by atoms with E-state index in [1.165, 1.54) is 12.1 Å². The summed E-state index contributed by atoms with van der Waals surface area (Å²) >= 11 is 0. The molecule has 34 heavy (non-hydrogen) atoms. The molecule has 7 nitrogen and oxygen atoms in total. The summed E-state index contributed by atoms with van der Waals surface area (Å²) in [7, 11) is 3.93. The minimum absolute atomic E-state index is 0.0231. The lowest BCUT2D eigenvalue weighted by atomic mass is 9.87. The third-order valence-corrected chi connectivity index (χ3v) is 6.31. The molecule has 1 aliphatic heterocycles. The highest BCUT2D eigenvalue weighted by molar-refractivity contribution is 5.93. The Labute approximate surface area is 199 Å². The van der Waals surface area contributed by atoms with Gasteiger partial charge < -0.3 is 20.5 Å². The van der Waals surface area contributed by atoms with Crippen molar-refractivity contribution in [2.45, 2.75) is 13.0 Å². The van der Waals surface area contributed by atoms with Gasteiger partial charge in [-0.05, 0) is 56.4 Å². The molecule has 0 aliphatic carbocycles. The van der Waals surface area contributed by atoms with Crippen LogP contribution in [0.1, 0.15) is 12.0 Å². The number of para-hydroxylation sites is 1. The van der Waals surface area contributed by atoms with Crippen LogP contribution in [0.5, 0.6) is 0 Å². The number of carbonyl (C=O) groups excluding carboxylic acids is 2. The first kappa shape index (κ1) is 23.9. The standard InChI is InChI=1S/C26H32FN5O2/c1-31(2)12-11-28-25(33)18-13-19(26(34)30-22-9-7-21(27)8-10-22)16-32(15-18)17-20-14-29-24-6-4-3-5-23(20)24/h3-10,14,18-19,29H,11-13,15-17H2,1-2H3,(H,28,33)(H,30,34)/t18-,19+/m0/s1. The molecule has 2 heterocycles. The zero-order valence-electron chi connectivity index (χ0n) is 19.7. The van der Waals surface area contributed by atoms with Crippen molar-refractivity contribution in [2.75, 3.05) is 45.6 Å². The number of carbonyl (C=O) groups is 2. The van der Waals surface area contributed by atoms with Crippen molar-refractivity contribution in [3.8, 4) is 0 Å². The molecule has 1 aromatic heterocycles. The lowest BCUT2D eigenvalue weighted by Gasteiger charge is -2.36. The maximum Gasteiger partial charge on any atom is 0.228 e. The van der Waals surface area contributed by atoms with Crippen LogP contribution in [0.25, 0.3) is 10.9 Å². The quantitative estimate of drug-likeness (QED) is 0.478. The second kappa shape index (κ2) is 10.8. The Morgan fingerprint density at radius 2 is 1.76 bits per heavy atom. The minimum Gasteiger partial charge on any atom is -0.361 e. The molecule has 2 atom stereocenters. The molecular formula is C26H32FN5O2. The van der Waals surface area contributed by atoms with Gasteiger partial charge in [0.1, 0.15) is 5.82 Å². The fourth-order valence-electron chi connectivity index (χ4n) is 4.53. The number of fused-ring (bicyclic) bond motifs is 1. The number of nitrogens with one attached hydrogen (secondary N) is 3. The zero-order chi connectivity index (χ0) is 24.1. The average Bonchev–Trinajstić information content (AvgIpc) is 3.23. The topological polar surface area (TPSA) is 80.5 Å². The molecule has 1 fully saturated rings. The predicted octanol–water partition coefficient (Wildman–Crippen LogP) is 3.06. The highest BCUT2D eigenvalue weighted by atomic mass is 19.1. The van der Waals surface area contributed by atoms with Crippen LogP contribution in [0.2, 0.25) is 0 Å². The second-order valence-corrected chi connectivity index (χ2v) is 9.27. The number of piperidine rings is 1. The monoisotopic (exact) mass is 465 g/mol. The molecule has 0 radical (unpaired) electrons. The Hall–Kier alpha value is -3.23. The summed E-state index contributed by atoms with van der Waals surface area (Å²) in [6, 6.07) is 13.9. The Morgan fingerprint density at radius 1 is 1.06 bits per heavy atom. The van der Waals surface area contributed by atoms with E-state index in [4.69, 9.17) is 0 Å². The van der Waals surface area contributed by atoms with Crippen LogP contribution in [0.15, 0.2) is 54.7 Å². The van der Waals surface area contributed by atoms with Crippen LogP contribution in [-0.2, 0) is 16.1 Å². The van der Waals surface area contributed by atoms with E-state index in [0.717, 1.165) is 23.0 Å². The van der Waals surface area contributed by atoms with E-state index in [2.05, 4.69) is 26.6 Å². The molecule has 8 heteroatoms. The molecule has 2 aromatic carbocycles. The predicted molar refractivity (Wildman–Crippen MR) is 132 cm³/mol. The van der Waals surface area contributed by atoms with Gasteiger partial charge in [0.05, 0.1) is 11.8 Å². The number of likely N-dealkylation sites (N-methyl/N-ethyl adjacent to an activating group) is 1. The van der Waals surface area contributed by atoms with Gasteiger partial charge in [-0.2, -0.15) is 0 Å². The first-order valence-electron chi connectivity index (χ1n) is 11.7. The van der Waals surface area contributed by atoms with Gasteiger partial charge in [-0.1, -0.05) is 18.2 Å². The third kappa shape index (κ3) is 6.01. The number of nitrogens with zero attached hydrogens (tertiary/aromatic N) is 2. The van der Waals surface area contributed by atoms with E-state index in [1.54, 1.807) is 12.1 Å². The van der Waals surface area contributed by atoms with E-state index in [1.807, 2.05) is 43.4 Å². The normalized spacial score (nSPS) is 18.8. The first-order chi connectivity index (χ1) is 16.4. The van der Waals surface area contributed by atoms with Crippen molar-refractivity contribution >= 4 is 28.4 Å². The number of anilines is 1. The highest BCUT2D eigenvalue weighted by Crippen LogP contribution is 2.27. The van der Waals surface area contributed by atoms with Crippen LogP contribution in [0.4, 0.5) is 10.1 Å². The van der Waals surface area contributed by atoms with Crippen LogP contribution < -0.4 is 10.6 Å². The molecule has 0 saturated carbocycles. The van der Waals surface area contributed by atoms with E-state index in [9.17, 15) is 14.0 Å². The van der Waals surface area contributed by atoms with Crippen LogP contribution >= 0.6 is 0 Å². The number of aromatic amines is 1. The van der Waals surface area contributed by atoms with Gasteiger partial charge in [0.25, 0.3) is 0 Å². The average molecular weight is 466 g/mol. The number of amides is 2. The van der Waals surface area contributed by atoms with Crippen LogP contribution in [0, 0.1) is 17.7 Å². The van der Waals surface area contributed by atoms with Crippen molar-refractivity contribution in [1.29, 1.82) is 0 Å². The van der Waals surface area contributed by atoms with Crippen molar-refractivity contribution in [3.63, 3.8) is 0 Å². The summed E-state index contributed by atoms with van der Waals surface area (Å²) in [5.74, 6) is -1.17. The summed E-state index contributed by atoms with van der Waals surface area (Å²) in [5, 5.41) is 7.06. The number of hydrogen-bond acceptors (Lipinski definition) is 4. The number of H-pyrrole nitrogens is 1. The molecule has 4 rings (SSSR count). The van der Waals surface area contributed by atoms with E-state index < -0.39 is 0 Å². The van der Waals surface area contributed by atoms with Gasteiger partial charge in [0.2, 0.25) is 11.8 Å². The van der Waals surface area contributed by atoms with Crippen molar-refractivity contribution < 1.29 is 14.0 Å². The Bertz CT molecular complexity index is 1130. The number of aromatic nitrogens is 1. The molecule has 180 valence electrons. The van der Waals surface area contributed by atoms with E-state index in [0.29, 0.717) is 38.3 Å². The molecular weight excluding hydrogens is 433 g/mol. The molecule has 0 bridgehead atoms. The summed E-state index contributed by atoms with van der Waals surface area (Å²) < 4.78 is 13.2. The highest BCUT2D eigenvalue weighted by Gasteiger charge is 2.35. The van der Waals surface area contributed by atoms with Gasteiger partial charge in [0.15, 0.2) is 0 Å². The van der Waals surface area contributed by atoms with Crippen LogP contribution in [-0.4, -0.2) is 66.9 Å². The SMILES string of the molecule is CN(C)CCNC(=O)[C@H]1C[C@@H](C(=O)Nc2ccc(F)cc2)CN(Cc2c[nH]c3ccccc23)C1. The minimum atomic E-state index is -0.353. The molecule has 0 unspecified atom stereocenters. The lowest BCUT2D eigenvalue weighted by Crippen LogP contribution is -2.49. The number of rotatable bonds is 8. The molecule has 3 N–H and O–H groups in total. The fraction of sp³-hybridized carbons (Fsp3) is 0.385. The molecule has 1 saturated heterocycles. The van der Waals surface area contributed by atoms with E-state index in [-0.39, 0.29) is 29.5 Å². The van der Waals surface area contributed by atoms with Crippen molar-refractivity contribution in [2.24, 2.45) is 11.8 Å². The van der Waals surface area contributed by atoms with Crippen molar-refractivity contribution in [3.05, 3.63) is 66.1 Å². The Balaban J connectivity index is 1.48. The lowest BCUT2D eigenvalue weighted by molar-refractivity contribution is -0.130. The maximum absolute atomic E-state index is 13.2. The van der Waals surface area contributed by atoms with Gasteiger partial charge in [-0.3, -0.25) is 14.5 Å². The fourth-order valence-corrected chi connectivity index (χ4v) is 4.53. The number of likely N-dealkylation sites (tertiary alicyclic amines) is 1. The van der Waals surface area contributed by atoms with Crippen LogP contribution in [0.3, 0.4) is 0 Å². The van der Waals surface area contributed by atoms with Gasteiger partial charge >= 0.3 is 0 Å². The zero-order valence-corrected chi connectivity index (χ0v) is 19.7. The number of halogens is 1. The molecule has 1 aliphatic rings. The largest absolute Gasteiger partial charge is 0.361 e. The summed E-state index contributed by atoms with van der Waals surface area (Å²) in [4.78, 5) is 33.6. The van der Waals surface area contributed by atoms with E-state index >= 15 is 0 Å². The Kier molecular flexibility index (Phi) is 7.59.